The molecule has 0 radical (unpaired) electrons. The maximum absolute atomic E-state index is 13.7. The molecule has 39 heavy (non-hydrogen) atoms. The Balaban J connectivity index is 1.67. The number of aliphatic hydroxyl groups is 2. The van der Waals surface area contributed by atoms with Gasteiger partial charge in [0.2, 0.25) is 0 Å². The average Bonchev–Trinajstić information content (AvgIpc) is 3.15. The second kappa shape index (κ2) is 10.3. The van der Waals surface area contributed by atoms with Crippen LogP contribution in [0.3, 0.4) is 0 Å². The van der Waals surface area contributed by atoms with Crippen LogP contribution >= 0.6 is 23.2 Å². The minimum Gasteiger partial charge on any atom is -0.392 e. The van der Waals surface area contributed by atoms with Gasteiger partial charge in [-0.05, 0) is 53.0 Å². The van der Waals surface area contributed by atoms with E-state index in [1.54, 1.807) is 12.1 Å². The number of para-hydroxylation sites is 1. The molecule has 0 aliphatic heterocycles. The van der Waals surface area contributed by atoms with E-state index in [0.717, 1.165) is 22.0 Å². The molecule has 0 bridgehead atoms. The van der Waals surface area contributed by atoms with Crippen molar-refractivity contribution < 1.29 is 19.8 Å². The summed E-state index contributed by atoms with van der Waals surface area (Å²) in [6, 6.07) is 13.3. The van der Waals surface area contributed by atoms with E-state index in [0.29, 0.717) is 42.3 Å². The monoisotopic (exact) mass is 569 g/mol. The number of ketones is 2. The van der Waals surface area contributed by atoms with Crippen molar-refractivity contribution >= 4 is 45.7 Å². The van der Waals surface area contributed by atoms with Crippen LogP contribution in [-0.4, -0.2) is 38.6 Å². The second-order valence-corrected chi connectivity index (χ2v) is 14.0. The van der Waals surface area contributed by atoms with E-state index in [-0.39, 0.29) is 22.4 Å². The molecule has 1 heterocycles. The highest BCUT2D eigenvalue weighted by molar-refractivity contribution is 6.35. The third-order valence-electron chi connectivity index (χ3n) is 8.71. The third-order valence-corrected chi connectivity index (χ3v) is 9.30. The smallest absolute Gasteiger partial charge is 0.139 e. The van der Waals surface area contributed by atoms with Crippen molar-refractivity contribution in [2.45, 2.75) is 78.0 Å². The van der Waals surface area contributed by atoms with Gasteiger partial charge >= 0.3 is 0 Å². The van der Waals surface area contributed by atoms with Crippen LogP contribution in [0.2, 0.25) is 10.0 Å². The quantitative estimate of drug-likeness (QED) is 0.353. The lowest BCUT2D eigenvalue weighted by molar-refractivity contribution is -0.144. The predicted molar refractivity (Wildman–Crippen MR) is 155 cm³/mol. The minimum atomic E-state index is -0.908. The van der Waals surface area contributed by atoms with Gasteiger partial charge < -0.3 is 14.8 Å². The summed E-state index contributed by atoms with van der Waals surface area (Å²) in [7, 11) is 0. The number of fused-ring (bicyclic) bond motifs is 1. The van der Waals surface area contributed by atoms with Crippen molar-refractivity contribution in [2.24, 2.45) is 22.7 Å². The number of carbonyl (C=O) groups is 2. The van der Waals surface area contributed by atoms with Crippen molar-refractivity contribution in [3.63, 3.8) is 0 Å². The van der Waals surface area contributed by atoms with Crippen molar-refractivity contribution in [3.8, 4) is 0 Å². The number of benzene rings is 2. The summed E-state index contributed by atoms with van der Waals surface area (Å²) < 4.78 is 2.07. The Morgan fingerprint density at radius 1 is 0.897 bits per heavy atom. The van der Waals surface area contributed by atoms with E-state index >= 15 is 0 Å². The highest BCUT2D eigenvalue weighted by atomic mass is 35.5. The first-order valence-electron chi connectivity index (χ1n) is 13.7. The predicted octanol–water partition coefficient (Wildman–Crippen LogP) is 6.81. The first-order chi connectivity index (χ1) is 18.3. The number of rotatable bonds is 5. The van der Waals surface area contributed by atoms with Gasteiger partial charge in [0.1, 0.15) is 11.6 Å². The first-order valence-corrected chi connectivity index (χ1v) is 14.5. The molecule has 2 fully saturated rings. The van der Waals surface area contributed by atoms with Gasteiger partial charge in [-0.2, -0.15) is 0 Å². The Labute approximate surface area is 240 Å². The van der Waals surface area contributed by atoms with Crippen LogP contribution in [0, 0.1) is 22.7 Å². The van der Waals surface area contributed by atoms with E-state index < -0.39 is 30.0 Å². The number of Topliss-reactive ketones (excluding diaryl/α,β-unsaturated/α-hetero) is 2. The fourth-order valence-corrected chi connectivity index (χ4v) is 7.60. The molecule has 208 valence electrons. The van der Waals surface area contributed by atoms with Crippen LogP contribution in [0.4, 0.5) is 0 Å². The zero-order valence-electron chi connectivity index (χ0n) is 23.0. The highest BCUT2D eigenvalue weighted by Crippen LogP contribution is 2.51. The lowest BCUT2D eigenvalue weighted by Gasteiger charge is -2.46. The number of nitrogens with zero attached hydrogens (tertiary/aromatic N) is 1. The number of halogens is 2. The van der Waals surface area contributed by atoms with Gasteiger partial charge in [-0.15, -0.1) is 0 Å². The zero-order valence-corrected chi connectivity index (χ0v) is 24.5. The van der Waals surface area contributed by atoms with Crippen molar-refractivity contribution in [2.75, 3.05) is 0 Å². The number of carbonyl (C=O) groups excluding carboxylic acids is 2. The maximum atomic E-state index is 13.7. The van der Waals surface area contributed by atoms with E-state index in [4.69, 9.17) is 23.2 Å². The van der Waals surface area contributed by atoms with Crippen LogP contribution < -0.4 is 0 Å². The lowest BCUT2D eigenvalue weighted by atomic mass is 9.58. The molecule has 2 aromatic carbocycles. The summed E-state index contributed by atoms with van der Waals surface area (Å²) in [6.07, 6.45) is 1.74. The van der Waals surface area contributed by atoms with E-state index in [9.17, 15) is 19.8 Å². The summed E-state index contributed by atoms with van der Waals surface area (Å²) in [5.74, 6) is -2.30. The normalized spacial score (nSPS) is 27.6. The van der Waals surface area contributed by atoms with Crippen LogP contribution in [0.25, 0.3) is 10.9 Å². The number of hydrogen-bond acceptors (Lipinski definition) is 4. The molecule has 5 rings (SSSR count). The summed E-state index contributed by atoms with van der Waals surface area (Å²) in [6.45, 7) is 8.43. The molecule has 2 aliphatic rings. The number of aromatic nitrogens is 1. The molecule has 0 amide bonds. The molecule has 7 heteroatoms. The van der Waals surface area contributed by atoms with Crippen LogP contribution in [0.5, 0.6) is 0 Å². The summed E-state index contributed by atoms with van der Waals surface area (Å²) in [5, 5.41) is 24.9. The zero-order chi connectivity index (χ0) is 28.3. The van der Waals surface area contributed by atoms with Crippen LogP contribution in [-0.2, 0) is 16.1 Å². The Kier molecular flexibility index (Phi) is 7.51. The van der Waals surface area contributed by atoms with E-state index in [1.807, 2.05) is 64.2 Å². The maximum Gasteiger partial charge on any atom is 0.139 e. The molecular formula is C32H37Cl2NO4. The summed E-state index contributed by atoms with van der Waals surface area (Å²) in [5.41, 5.74) is 1.97. The van der Waals surface area contributed by atoms with Gasteiger partial charge in [-0.25, -0.2) is 0 Å². The van der Waals surface area contributed by atoms with Gasteiger partial charge in [0, 0.05) is 52.4 Å². The Morgan fingerprint density at radius 2 is 1.46 bits per heavy atom. The molecule has 5 atom stereocenters. The molecule has 1 aromatic heterocycles. The molecule has 2 saturated carbocycles. The molecular weight excluding hydrogens is 533 g/mol. The average molecular weight is 571 g/mol. The highest BCUT2D eigenvalue weighted by Gasteiger charge is 2.52. The number of hydrogen-bond donors (Lipinski definition) is 2. The SMILES string of the molecule is CC1(C)CC(=O)[C@H](C(c2cn(Cc3ccc(Cl)cc3Cl)c3ccccc23)[C@@H]2C(=O)CC(C)(C)C[C@@H]2O)[C@H](O)C1. The fourth-order valence-electron chi connectivity index (χ4n) is 7.13. The summed E-state index contributed by atoms with van der Waals surface area (Å²) in [4.78, 5) is 27.5. The minimum absolute atomic E-state index is 0.0499. The molecule has 2 N–H and O–H groups in total. The fraction of sp³-hybridized carbons (Fsp3) is 0.500. The van der Waals surface area contributed by atoms with Crippen molar-refractivity contribution in [1.82, 2.24) is 4.57 Å². The third kappa shape index (κ3) is 5.56. The Hall–Kier alpha value is -2.18. The topological polar surface area (TPSA) is 79.5 Å². The lowest BCUT2D eigenvalue weighted by Crippen LogP contribution is -2.51. The van der Waals surface area contributed by atoms with Crippen molar-refractivity contribution in [3.05, 3.63) is 69.8 Å². The standard InChI is InChI=1S/C32H37Cl2NO4/c1-31(2)12-24(36)29(25(37)13-31)28(30-26(38)14-32(3,4)15-27(30)39)21-17-35(23-8-6-5-7-20(21)23)16-18-9-10-19(33)11-22(18)34/h5-11,17,24,26,28-30,36,38H,12-16H2,1-4H3/t24-,26+,28?,29-,30+. The van der Waals surface area contributed by atoms with Gasteiger partial charge in [0.25, 0.3) is 0 Å². The van der Waals surface area contributed by atoms with Gasteiger partial charge in [0.15, 0.2) is 0 Å². The van der Waals surface area contributed by atoms with Crippen LogP contribution in [0.1, 0.15) is 70.4 Å². The summed E-state index contributed by atoms with van der Waals surface area (Å²) >= 11 is 12.6. The molecule has 5 nitrogen and oxygen atoms in total. The molecule has 2 aliphatic carbocycles. The first kappa shape index (κ1) is 28.4. The Morgan fingerprint density at radius 3 is 2.00 bits per heavy atom. The molecule has 0 saturated heterocycles. The van der Waals surface area contributed by atoms with Gasteiger partial charge in [-0.3, -0.25) is 9.59 Å². The van der Waals surface area contributed by atoms with E-state index in [2.05, 4.69) is 4.57 Å². The van der Waals surface area contributed by atoms with Gasteiger partial charge in [0.05, 0.1) is 24.0 Å². The second-order valence-electron chi connectivity index (χ2n) is 13.2. The van der Waals surface area contributed by atoms with E-state index in [1.165, 1.54) is 0 Å². The van der Waals surface area contributed by atoms with Crippen molar-refractivity contribution in [1.29, 1.82) is 0 Å². The molecule has 0 spiro atoms. The number of aliphatic hydroxyl groups excluding tert-OH is 2. The largest absolute Gasteiger partial charge is 0.392 e. The Bertz CT molecular complexity index is 1380. The van der Waals surface area contributed by atoms with Gasteiger partial charge in [-0.1, -0.05) is 75.2 Å². The van der Waals surface area contributed by atoms with Crippen LogP contribution in [0.15, 0.2) is 48.7 Å². The molecule has 1 unspecified atom stereocenters. The molecule has 3 aromatic rings.